The minimum Gasteiger partial charge on any atom is -0.496 e. The maximum atomic E-state index is 12.5. The van der Waals surface area contributed by atoms with Crippen LogP contribution in [0.25, 0.3) is 0 Å². The van der Waals surface area contributed by atoms with Crippen molar-refractivity contribution in [1.82, 2.24) is 10.3 Å². The molecule has 0 radical (unpaired) electrons. The van der Waals surface area contributed by atoms with Crippen LogP contribution < -0.4 is 10.1 Å². The molecule has 2 N–H and O–H groups in total. The third kappa shape index (κ3) is 3.28. The third-order valence-corrected chi connectivity index (χ3v) is 3.97. The van der Waals surface area contributed by atoms with Crippen LogP contribution in [0.1, 0.15) is 57.6 Å². The molecule has 1 unspecified atom stereocenters. The molecule has 0 aliphatic heterocycles. The van der Waals surface area contributed by atoms with Gasteiger partial charge in [0.1, 0.15) is 11.4 Å². The molecule has 1 aromatic carbocycles. The molecule has 2 aromatic rings. The van der Waals surface area contributed by atoms with E-state index in [9.17, 15) is 9.59 Å². The van der Waals surface area contributed by atoms with Gasteiger partial charge in [0.05, 0.1) is 13.2 Å². The number of hydrogen-bond acceptors (Lipinski definition) is 3. The Hall–Kier alpha value is -2.56. The second-order valence-corrected chi connectivity index (χ2v) is 5.62. The van der Waals surface area contributed by atoms with Gasteiger partial charge in [-0.2, -0.15) is 0 Å². The van der Waals surface area contributed by atoms with Crippen LogP contribution in [0.3, 0.4) is 0 Å². The van der Waals surface area contributed by atoms with Crippen LogP contribution in [0.15, 0.2) is 24.3 Å². The van der Waals surface area contributed by atoms with E-state index in [1.54, 1.807) is 21.0 Å². The number of benzene rings is 1. The lowest BCUT2D eigenvalue weighted by atomic mass is 10.1. The molecule has 0 spiro atoms. The van der Waals surface area contributed by atoms with E-state index >= 15 is 0 Å². The van der Waals surface area contributed by atoms with Crippen molar-refractivity contribution in [2.24, 2.45) is 0 Å². The molecule has 122 valence electrons. The monoisotopic (exact) mass is 314 g/mol. The van der Waals surface area contributed by atoms with E-state index in [1.807, 2.05) is 31.2 Å². The standard InChI is InChI=1S/C18H22N2O3/c1-10-16(13(4)21)12(3)19-17(10)18(22)20-11(2)14-8-6-7-9-15(14)23-5/h6-9,11,19H,1-5H3,(H,20,22). The van der Waals surface area contributed by atoms with Gasteiger partial charge in [-0.25, -0.2) is 0 Å². The van der Waals surface area contributed by atoms with Gasteiger partial charge < -0.3 is 15.0 Å². The molecule has 0 fully saturated rings. The van der Waals surface area contributed by atoms with Crippen LogP contribution in [-0.4, -0.2) is 23.8 Å². The molecular weight excluding hydrogens is 292 g/mol. The number of amides is 1. The number of rotatable bonds is 5. The van der Waals surface area contributed by atoms with Gasteiger partial charge >= 0.3 is 0 Å². The second-order valence-electron chi connectivity index (χ2n) is 5.62. The van der Waals surface area contributed by atoms with Gasteiger partial charge in [0.15, 0.2) is 5.78 Å². The summed E-state index contributed by atoms with van der Waals surface area (Å²) in [6, 6.07) is 7.34. The highest BCUT2D eigenvalue weighted by Crippen LogP contribution is 2.25. The van der Waals surface area contributed by atoms with Crippen LogP contribution in [0.5, 0.6) is 5.75 Å². The van der Waals surface area contributed by atoms with Gasteiger partial charge in [0.2, 0.25) is 0 Å². The zero-order chi connectivity index (χ0) is 17.1. The van der Waals surface area contributed by atoms with Crippen LogP contribution in [0, 0.1) is 13.8 Å². The minimum atomic E-state index is -0.239. The van der Waals surface area contributed by atoms with E-state index in [4.69, 9.17) is 4.74 Å². The van der Waals surface area contributed by atoms with Crippen molar-refractivity contribution in [2.45, 2.75) is 33.7 Å². The normalized spacial score (nSPS) is 11.9. The van der Waals surface area contributed by atoms with Gasteiger partial charge in [-0.05, 0) is 39.3 Å². The number of carbonyl (C=O) groups is 2. The van der Waals surface area contributed by atoms with Gasteiger partial charge in [-0.15, -0.1) is 0 Å². The molecule has 0 bridgehead atoms. The van der Waals surface area contributed by atoms with E-state index in [2.05, 4.69) is 10.3 Å². The number of aryl methyl sites for hydroxylation is 1. The zero-order valence-corrected chi connectivity index (χ0v) is 14.1. The van der Waals surface area contributed by atoms with Gasteiger partial charge in [0, 0.05) is 16.8 Å². The molecule has 0 aliphatic carbocycles. The van der Waals surface area contributed by atoms with Crippen LogP contribution in [-0.2, 0) is 0 Å². The number of ether oxygens (including phenoxy) is 1. The molecule has 0 saturated heterocycles. The first-order valence-electron chi connectivity index (χ1n) is 7.50. The number of aromatic nitrogens is 1. The third-order valence-electron chi connectivity index (χ3n) is 3.97. The summed E-state index contributed by atoms with van der Waals surface area (Å²) >= 11 is 0. The lowest BCUT2D eigenvalue weighted by Crippen LogP contribution is -2.27. The molecule has 23 heavy (non-hydrogen) atoms. The predicted molar refractivity (Wildman–Crippen MR) is 89.1 cm³/mol. The summed E-state index contributed by atoms with van der Waals surface area (Å²) < 4.78 is 5.33. The van der Waals surface area contributed by atoms with E-state index in [1.165, 1.54) is 6.92 Å². The summed E-state index contributed by atoms with van der Waals surface area (Å²) in [5, 5.41) is 2.95. The van der Waals surface area contributed by atoms with Crippen molar-refractivity contribution < 1.29 is 14.3 Å². The number of nitrogens with one attached hydrogen (secondary N) is 2. The number of H-pyrrole nitrogens is 1. The van der Waals surface area contributed by atoms with Crippen molar-refractivity contribution in [3.05, 3.63) is 52.3 Å². The SMILES string of the molecule is COc1ccccc1C(C)NC(=O)c1[nH]c(C)c(C(C)=O)c1C. The Labute approximate surface area is 136 Å². The quantitative estimate of drug-likeness (QED) is 0.832. The molecule has 5 nitrogen and oxygen atoms in total. The summed E-state index contributed by atoms with van der Waals surface area (Å²) in [5.41, 5.74) is 3.30. The number of carbonyl (C=O) groups excluding carboxylic acids is 2. The number of aromatic amines is 1. The molecule has 2 rings (SSSR count). The first-order chi connectivity index (χ1) is 10.9. The highest BCUT2D eigenvalue weighted by Gasteiger charge is 2.21. The Kier molecular flexibility index (Phi) is 4.89. The van der Waals surface area contributed by atoms with E-state index in [0.717, 1.165) is 11.3 Å². The number of hydrogen-bond donors (Lipinski definition) is 2. The highest BCUT2D eigenvalue weighted by molar-refractivity contribution is 6.02. The average Bonchev–Trinajstić information content (AvgIpc) is 2.82. The molecule has 5 heteroatoms. The molecule has 1 heterocycles. The summed E-state index contributed by atoms with van der Waals surface area (Å²) in [7, 11) is 1.60. The number of Topliss-reactive ketones (excluding diaryl/α,β-unsaturated/α-hetero) is 1. The second kappa shape index (κ2) is 6.69. The van der Waals surface area contributed by atoms with Gasteiger partial charge in [-0.1, -0.05) is 18.2 Å². The van der Waals surface area contributed by atoms with E-state index < -0.39 is 0 Å². The Balaban J connectivity index is 2.26. The van der Waals surface area contributed by atoms with E-state index in [-0.39, 0.29) is 17.7 Å². The van der Waals surface area contributed by atoms with Crippen molar-refractivity contribution in [1.29, 1.82) is 0 Å². The summed E-state index contributed by atoms with van der Waals surface area (Å²) in [5.74, 6) is 0.439. The van der Waals surface area contributed by atoms with Crippen LogP contribution in [0.4, 0.5) is 0 Å². The van der Waals surface area contributed by atoms with Crippen molar-refractivity contribution in [3.8, 4) is 5.75 Å². The van der Waals surface area contributed by atoms with Crippen molar-refractivity contribution in [2.75, 3.05) is 7.11 Å². The maximum Gasteiger partial charge on any atom is 0.268 e. The number of para-hydroxylation sites is 1. The Bertz CT molecular complexity index is 747. The predicted octanol–water partition coefficient (Wildman–Crippen LogP) is 3.33. The summed E-state index contributed by atoms with van der Waals surface area (Å²) in [6.07, 6.45) is 0. The number of methoxy groups -OCH3 is 1. The lowest BCUT2D eigenvalue weighted by molar-refractivity contribution is 0.0934. The van der Waals surface area contributed by atoms with Crippen LogP contribution >= 0.6 is 0 Å². The summed E-state index contributed by atoms with van der Waals surface area (Å²) in [4.78, 5) is 27.2. The fraction of sp³-hybridized carbons (Fsp3) is 0.333. The molecule has 1 aromatic heterocycles. The van der Waals surface area contributed by atoms with Crippen molar-refractivity contribution in [3.63, 3.8) is 0 Å². The molecule has 0 saturated carbocycles. The van der Waals surface area contributed by atoms with Gasteiger partial charge in [-0.3, -0.25) is 9.59 Å². The fourth-order valence-electron chi connectivity index (χ4n) is 2.88. The minimum absolute atomic E-state index is 0.0481. The van der Waals surface area contributed by atoms with E-state index in [0.29, 0.717) is 22.5 Å². The summed E-state index contributed by atoms with van der Waals surface area (Å²) in [6.45, 7) is 6.97. The smallest absolute Gasteiger partial charge is 0.268 e. The Morgan fingerprint density at radius 2 is 1.87 bits per heavy atom. The number of ketones is 1. The molecule has 0 aliphatic rings. The molecule has 1 atom stereocenters. The lowest BCUT2D eigenvalue weighted by Gasteiger charge is -2.17. The first kappa shape index (κ1) is 16.8. The highest BCUT2D eigenvalue weighted by atomic mass is 16.5. The Morgan fingerprint density at radius 3 is 2.43 bits per heavy atom. The molecular formula is C18H22N2O3. The Morgan fingerprint density at radius 1 is 1.22 bits per heavy atom. The zero-order valence-electron chi connectivity index (χ0n) is 14.1. The topological polar surface area (TPSA) is 71.2 Å². The maximum absolute atomic E-state index is 12.5. The fourth-order valence-corrected chi connectivity index (χ4v) is 2.88. The van der Waals surface area contributed by atoms with Crippen LogP contribution in [0.2, 0.25) is 0 Å². The first-order valence-corrected chi connectivity index (χ1v) is 7.50. The van der Waals surface area contributed by atoms with Crippen molar-refractivity contribution >= 4 is 11.7 Å². The van der Waals surface area contributed by atoms with Gasteiger partial charge in [0.25, 0.3) is 5.91 Å². The largest absolute Gasteiger partial charge is 0.496 e. The molecule has 1 amide bonds. The average molecular weight is 314 g/mol.